The predicted octanol–water partition coefficient (Wildman–Crippen LogP) is 4.09. The quantitative estimate of drug-likeness (QED) is 0.688. The summed E-state index contributed by atoms with van der Waals surface area (Å²) in [6, 6.07) is 7.83. The van der Waals surface area contributed by atoms with Crippen molar-refractivity contribution in [3.05, 3.63) is 46.6 Å². The molecular formula is C22H27N5OS. The molecule has 1 amide bonds. The molecule has 0 spiro atoms. The van der Waals surface area contributed by atoms with Crippen LogP contribution < -0.4 is 10.2 Å². The first kappa shape index (κ1) is 19.8. The molecule has 3 aromatic rings. The van der Waals surface area contributed by atoms with Gasteiger partial charge in [0.1, 0.15) is 17.0 Å². The number of para-hydroxylation sites is 1. The Morgan fingerprint density at radius 2 is 1.90 bits per heavy atom. The number of carbonyl (C=O) groups is 1. The molecule has 152 valence electrons. The number of nitrogens with zero attached hydrogens (tertiary/aromatic N) is 4. The topological polar surface area (TPSA) is 61.4 Å². The van der Waals surface area contributed by atoms with Gasteiger partial charge in [0.05, 0.1) is 10.3 Å². The maximum atomic E-state index is 13.0. The van der Waals surface area contributed by atoms with E-state index in [-0.39, 0.29) is 5.91 Å². The van der Waals surface area contributed by atoms with Gasteiger partial charge in [0, 0.05) is 31.9 Å². The second-order valence-corrected chi connectivity index (χ2v) is 8.53. The number of piperazine rings is 1. The van der Waals surface area contributed by atoms with Gasteiger partial charge in [-0.1, -0.05) is 25.1 Å². The molecule has 1 aliphatic heterocycles. The molecule has 0 saturated carbocycles. The molecule has 1 aliphatic rings. The molecule has 0 atom stereocenters. The molecule has 0 bridgehead atoms. The van der Waals surface area contributed by atoms with E-state index >= 15 is 0 Å². The number of fused-ring (bicyclic) bond motifs is 1. The Kier molecular flexibility index (Phi) is 5.78. The van der Waals surface area contributed by atoms with E-state index in [0.29, 0.717) is 4.88 Å². The second kappa shape index (κ2) is 8.47. The highest BCUT2D eigenvalue weighted by Crippen LogP contribution is 2.35. The SMILES string of the molecule is CCCN1CCN(c2ncnc3sc(C(=O)Nc4ccccc4C)c(C)c23)CC1. The molecular weight excluding hydrogens is 382 g/mol. The molecule has 0 aliphatic carbocycles. The van der Waals surface area contributed by atoms with Crippen LogP contribution in [0.2, 0.25) is 0 Å². The van der Waals surface area contributed by atoms with E-state index in [0.717, 1.165) is 65.6 Å². The summed E-state index contributed by atoms with van der Waals surface area (Å²) in [7, 11) is 0. The van der Waals surface area contributed by atoms with Crippen molar-refractivity contribution in [2.45, 2.75) is 27.2 Å². The molecule has 2 aromatic heterocycles. The minimum atomic E-state index is -0.0847. The van der Waals surface area contributed by atoms with Crippen LogP contribution >= 0.6 is 11.3 Å². The van der Waals surface area contributed by atoms with Crippen molar-refractivity contribution in [3.8, 4) is 0 Å². The lowest BCUT2D eigenvalue weighted by Crippen LogP contribution is -2.46. The Balaban J connectivity index is 1.62. The molecule has 0 unspecified atom stereocenters. The number of nitrogens with one attached hydrogen (secondary N) is 1. The summed E-state index contributed by atoms with van der Waals surface area (Å²) in [6.45, 7) is 11.4. The Morgan fingerprint density at radius 1 is 1.14 bits per heavy atom. The highest BCUT2D eigenvalue weighted by Gasteiger charge is 2.24. The number of hydrogen-bond acceptors (Lipinski definition) is 6. The van der Waals surface area contributed by atoms with Crippen LogP contribution in [0.15, 0.2) is 30.6 Å². The number of amides is 1. The van der Waals surface area contributed by atoms with Crippen molar-refractivity contribution in [3.63, 3.8) is 0 Å². The number of rotatable bonds is 5. The standard InChI is InChI=1S/C22H27N5OS/c1-4-9-26-10-12-27(13-11-26)20-18-16(3)19(29-22(18)24-14-23-20)21(28)25-17-8-6-5-7-15(17)2/h5-8,14H,4,9-13H2,1-3H3,(H,25,28). The zero-order valence-corrected chi connectivity index (χ0v) is 18.1. The third kappa shape index (κ3) is 3.97. The Morgan fingerprint density at radius 3 is 2.62 bits per heavy atom. The first-order valence-corrected chi connectivity index (χ1v) is 11.0. The van der Waals surface area contributed by atoms with Crippen LogP contribution in [0.1, 0.15) is 34.1 Å². The fourth-order valence-electron chi connectivity index (χ4n) is 3.90. The van der Waals surface area contributed by atoms with Crippen LogP contribution in [0, 0.1) is 13.8 Å². The number of thiophene rings is 1. The third-order valence-electron chi connectivity index (χ3n) is 5.52. The number of aryl methyl sites for hydroxylation is 2. The minimum Gasteiger partial charge on any atom is -0.353 e. The van der Waals surface area contributed by atoms with E-state index in [4.69, 9.17) is 0 Å². The van der Waals surface area contributed by atoms with Crippen molar-refractivity contribution >= 4 is 39.0 Å². The molecule has 7 heteroatoms. The summed E-state index contributed by atoms with van der Waals surface area (Å²) in [5, 5.41) is 4.06. The summed E-state index contributed by atoms with van der Waals surface area (Å²) >= 11 is 1.44. The van der Waals surface area contributed by atoms with E-state index in [1.54, 1.807) is 6.33 Å². The second-order valence-electron chi connectivity index (χ2n) is 7.53. The first-order chi connectivity index (χ1) is 14.1. The van der Waals surface area contributed by atoms with Crippen LogP contribution in [0.25, 0.3) is 10.2 Å². The third-order valence-corrected chi connectivity index (χ3v) is 6.72. The van der Waals surface area contributed by atoms with Crippen LogP contribution in [-0.2, 0) is 0 Å². The van der Waals surface area contributed by atoms with Crippen LogP contribution in [-0.4, -0.2) is 53.5 Å². The van der Waals surface area contributed by atoms with Crippen LogP contribution in [0.5, 0.6) is 0 Å². The Labute approximate surface area is 175 Å². The number of anilines is 2. The van der Waals surface area contributed by atoms with E-state index < -0.39 is 0 Å². The minimum absolute atomic E-state index is 0.0847. The van der Waals surface area contributed by atoms with Crippen LogP contribution in [0.3, 0.4) is 0 Å². The van der Waals surface area contributed by atoms with E-state index in [1.807, 2.05) is 38.1 Å². The fourth-order valence-corrected chi connectivity index (χ4v) is 4.94. The Bertz CT molecular complexity index is 1020. The van der Waals surface area contributed by atoms with Gasteiger partial charge in [-0.2, -0.15) is 0 Å². The fraction of sp³-hybridized carbons (Fsp3) is 0.409. The van der Waals surface area contributed by atoms with E-state index in [1.165, 1.54) is 17.8 Å². The predicted molar refractivity (Wildman–Crippen MR) is 120 cm³/mol. The molecule has 1 N–H and O–H groups in total. The zero-order chi connectivity index (χ0) is 20.4. The zero-order valence-electron chi connectivity index (χ0n) is 17.2. The van der Waals surface area contributed by atoms with Gasteiger partial charge >= 0.3 is 0 Å². The van der Waals surface area contributed by atoms with Crippen LogP contribution in [0.4, 0.5) is 11.5 Å². The van der Waals surface area contributed by atoms with Crippen molar-refractivity contribution < 1.29 is 4.79 Å². The van der Waals surface area contributed by atoms with Crippen molar-refractivity contribution in [1.29, 1.82) is 0 Å². The average molecular weight is 410 g/mol. The van der Waals surface area contributed by atoms with Gasteiger partial charge in [-0.25, -0.2) is 9.97 Å². The molecule has 0 radical (unpaired) electrons. The molecule has 1 fully saturated rings. The van der Waals surface area contributed by atoms with Crippen molar-refractivity contribution in [2.24, 2.45) is 0 Å². The molecule has 3 heterocycles. The number of aromatic nitrogens is 2. The summed E-state index contributed by atoms with van der Waals surface area (Å²) in [6.07, 6.45) is 2.80. The van der Waals surface area contributed by atoms with E-state index in [2.05, 4.69) is 32.0 Å². The van der Waals surface area contributed by atoms with E-state index in [9.17, 15) is 4.79 Å². The summed E-state index contributed by atoms with van der Waals surface area (Å²) in [5.74, 6) is 0.869. The Hall–Kier alpha value is -2.51. The summed E-state index contributed by atoms with van der Waals surface area (Å²) in [4.78, 5) is 28.5. The van der Waals surface area contributed by atoms with Gasteiger partial charge in [-0.3, -0.25) is 9.69 Å². The van der Waals surface area contributed by atoms with Gasteiger partial charge in [0.25, 0.3) is 5.91 Å². The molecule has 1 saturated heterocycles. The average Bonchev–Trinajstić information content (AvgIpc) is 3.07. The lowest BCUT2D eigenvalue weighted by molar-refractivity contribution is 0.103. The first-order valence-electron chi connectivity index (χ1n) is 10.2. The lowest BCUT2D eigenvalue weighted by Gasteiger charge is -2.35. The number of carbonyl (C=O) groups excluding carboxylic acids is 1. The number of hydrogen-bond donors (Lipinski definition) is 1. The highest BCUT2D eigenvalue weighted by molar-refractivity contribution is 7.20. The summed E-state index contributed by atoms with van der Waals surface area (Å²) in [5.41, 5.74) is 2.85. The van der Waals surface area contributed by atoms with Crippen molar-refractivity contribution in [2.75, 3.05) is 42.9 Å². The van der Waals surface area contributed by atoms with Gasteiger partial charge in [0.2, 0.25) is 0 Å². The highest BCUT2D eigenvalue weighted by atomic mass is 32.1. The summed E-state index contributed by atoms with van der Waals surface area (Å²) < 4.78 is 0. The maximum Gasteiger partial charge on any atom is 0.266 e. The van der Waals surface area contributed by atoms with Gasteiger partial charge in [0.15, 0.2) is 0 Å². The van der Waals surface area contributed by atoms with Gasteiger partial charge in [-0.15, -0.1) is 11.3 Å². The normalized spacial score (nSPS) is 15.1. The molecule has 29 heavy (non-hydrogen) atoms. The molecule has 6 nitrogen and oxygen atoms in total. The van der Waals surface area contributed by atoms with Gasteiger partial charge in [-0.05, 0) is 44.0 Å². The maximum absolute atomic E-state index is 13.0. The largest absolute Gasteiger partial charge is 0.353 e. The monoisotopic (exact) mass is 409 g/mol. The lowest BCUT2D eigenvalue weighted by atomic mass is 10.1. The van der Waals surface area contributed by atoms with Gasteiger partial charge < -0.3 is 10.2 Å². The molecule has 1 aromatic carbocycles. The number of benzene rings is 1. The molecule has 4 rings (SSSR count). The van der Waals surface area contributed by atoms with Crippen molar-refractivity contribution in [1.82, 2.24) is 14.9 Å². The smallest absolute Gasteiger partial charge is 0.266 e.